The summed E-state index contributed by atoms with van der Waals surface area (Å²) in [4.78, 5) is 0. The zero-order chi connectivity index (χ0) is 17.2. The van der Waals surface area contributed by atoms with Crippen molar-refractivity contribution in [1.82, 2.24) is 0 Å². The van der Waals surface area contributed by atoms with Crippen molar-refractivity contribution in [2.75, 3.05) is 30.6 Å². The lowest BCUT2D eigenvalue weighted by Crippen LogP contribution is -1.99. The lowest BCUT2D eigenvalue weighted by Gasteiger charge is -2.24. The van der Waals surface area contributed by atoms with Gasteiger partial charge in [-0.3, -0.25) is 0 Å². The Morgan fingerprint density at radius 2 is 0.783 bits per heavy atom. The molecule has 0 spiro atoms. The van der Waals surface area contributed by atoms with E-state index in [4.69, 9.17) is 0 Å². The Bertz CT molecular complexity index is 196. The van der Waals surface area contributed by atoms with Gasteiger partial charge in [-0.05, 0) is 43.4 Å². The predicted molar refractivity (Wildman–Crippen MR) is 116 cm³/mol. The average Bonchev–Trinajstić information content (AvgIpc) is 2.54. The molecule has 0 aliphatic heterocycles. The fourth-order valence-electron chi connectivity index (χ4n) is 3.30. The van der Waals surface area contributed by atoms with Gasteiger partial charge in [0, 0.05) is 0 Å². The van der Waals surface area contributed by atoms with Gasteiger partial charge in [-0.1, -0.05) is 91.9 Å². The third-order valence-corrected chi connectivity index (χ3v) is 11.9. The van der Waals surface area contributed by atoms with Gasteiger partial charge >= 0.3 is 0 Å². The molecule has 0 aromatic heterocycles. The number of rotatable bonds is 18. The van der Waals surface area contributed by atoms with Gasteiger partial charge in [0.05, 0.1) is 0 Å². The Hall–Kier alpha value is 0.860. The van der Waals surface area contributed by atoms with E-state index >= 15 is 0 Å². The Morgan fingerprint density at radius 1 is 0.391 bits per heavy atom. The molecular formula is C21H46P2. The van der Waals surface area contributed by atoms with Crippen molar-refractivity contribution in [1.29, 1.82) is 0 Å². The van der Waals surface area contributed by atoms with Crippen LogP contribution in [0.25, 0.3) is 0 Å². The van der Waals surface area contributed by atoms with Gasteiger partial charge < -0.3 is 0 Å². The summed E-state index contributed by atoms with van der Waals surface area (Å²) < 4.78 is 0. The molecule has 0 radical (unpaired) electrons. The minimum atomic E-state index is 0.369. The molecule has 140 valence electrons. The molecule has 0 rings (SSSR count). The summed E-state index contributed by atoms with van der Waals surface area (Å²) in [6.45, 7) is 9.45. The van der Waals surface area contributed by atoms with Crippen LogP contribution < -0.4 is 0 Å². The van der Waals surface area contributed by atoms with E-state index in [9.17, 15) is 0 Å². The molecule has 2 atom stereocenters. The maximum atomic E-state index is 2.40. The van der Waals surface area contributed by atoms with Crippen LogP contribution in [0.1, 0.15) is 105 Å². The summed E-state index contributed by atoms with van der Waals surface area (Å²) in [6.07, 6.45) is 23.8. The number of unbranched alkanes of at least 4 members (excludes halogenated alkanes) is 8. The van der Waals surface area contributed by atoms with Crippen molar-refractivity contribution < 1.29 is 0 Å². The Labute approximate surface area is 151 Å². The zero-order valence-corrected chi connectivity index (χ0v) is 18.7. The highest BCUT2D eigenvalue weighted by molar-refractivity contribution is 7.74. The third kappa shape index (κ3) is 16.1. The van der Waals surface area contributed by atoms with E-state index < -0.39 is 0 Å². The third-order valence-electron chi connectivity index (χ3n) is 4.64. The first-order chi connectivity index (χ1) is 11.3. The van der Waals surface area contributed by atoms with Crippen molar-refractivity contribution in [3.05, 3.63) is 0 Å². The Balaban J connectivity index is 4.02. The van der Waals surface area contributed by atoms with Gasteiger partial charge in [0.15, 0.2) is 0 Å². The van der Waals surface area contributed by atoms with Gasteiger partial charge in [0.1, 0.15) is 0 Å². The van der Waals surface area contributed by atoms with Crippen LogP contribution in [-0.4, -0.2) is 30.6 Å². The highest BCUT2D eigenvalue weighted by Gasteiger charge is 2.14. The van der Waals surface area contributed by atoms with E-state index in [1.807, 2.05) is 0 Å². The predicted octanol–water partition coefficient (Wildman–Crippen LogP) is 8.67. The molecule has 2 heteroatoms. The van der Waals surface area contributed by atoms with Crippen LogP contribution in [0.2, 0.25) is 0 Å². The van der Waals surface area contributed by atoms with Gasteiger partial charge in [0.2, 0.25) is 0 Å². The van der Waals surface area contributed by atoms with Crippen molar-refractivity contribution in [3.8, 4) is 0 Å². The molecule has 2 unspecified atom stereocenters. The lowest BCUT2D eigenvalue weighted by atomic mass is 10.2. The zero-order valence-electron chi connectivity index (χ0n) is 16.9. The first kappa shape index (κ1) is 23.9. The minimum Gasteiger partial charge on any atom is -0.102 e. The van der Waals surface area contributed by atoms with E-state index in [-0.39, 0.29) is 0 Å². The average molecular weight is 361 g/mol. The molecule has 0 bridgehead atoms. The van der Waals surface area contributed by atoms with E-state index in [1.54, 1.807) is 30.6 Å². The first-order valence-electron chi connectivity index (χ1n) is 10.7. The first-order valence-corrected chi connectivity index (χ1v) is 14.5. The molecule has 23 heavy (non-hydrogen) atoms. The molecule has 0 fully saturated rings. The quantitative estimate of drug-likeness (QED) is 0.169. The summed E-state index contributed by atoms with van der Waals surface area (Å²) in [7, 11) is 0.737. The second-order valence-electron chi connectivity index (χ2n) is 7.21. The molecule has 0 aliphatic rings. The maximum Gasteiger partial charge on any atom is -0.0120 e. The summed E-state index contributed by atoms with van der Waals surface area (Å²) >= 11 is 0. The topological polar surface area (TPSA) is 0 Å². The van der Waals surface area contributed by atoms with E-state index in [2.05, 4.69) is 27.7 Å². The van der Waals surface area contributed by atoms with Crippen LogP contribution in [0, 0.1) is 0 Å². The Morgan fingerprint density at radius 3 is 1.13 bits per heavy atom. The highest BCUT2D eigenvalue weighted by atomic mass is 31.2. The summed E-state index contributed by atoms with van der Waals surface area (Å²) in [5.74, 6) is 1.66. The van der Waals surface area contributed by atoms with Crippen LogP contribution >= 0.6 is 15.8 Å². The normalized spacial score (nSPS) is 14.1. The van der Waals surface area contributed by atoms with Gasteiger partial charge in [0.25, 0.3) is 0 Å². The summed E-state index contributed by atoms with van der Waals surface area (Å²) in [5.41, 5.74) is 0. The minimum absolute atomic E-state index is 0.369. The molecule has 0 N–H and O–H groups in total. The molecule has 0 heterocycles. The van der Waals surface area contributed by atoms with E-state index in [0.29, 0.717) is 15.8 Å². The number of hydrogen-bond acceptors (Lipinski definition) is 0. The molecule has 0 saturated heterocycles. The second kappa shape index (κ2) is 19.2. The van der Waals surface area contributed by atoms with Crippen molar-refractivity contribution in [2.24, 2.45) is 0 Å². The van der Waals surface area contributed by atoms with Gasteiger partial charge in [-0.2, -0.15) is 0 Å². The maximum absolute atomic E-state index is 2.40. The van der Waals surface area contributed by atoms with Gasteiger partial charge in [-0.25, -0.2) is 0 Å². The van der Waals surface area contributed by atoms with Crippen LogP contribution in [0.3, 0.4) is 0 Å². The largest absolute Gasteiger partial charge is 0.102 e. The fourth-order valence-corrected chi connectivity index (χ4v) is 10.9. The molecular weight excluding hydrogens is 314 g/mol. The molecule has 0 amide bonds. The molecule has 0 aromatic rings. The second-order valence-corrected chi connectivity index (χ2v) is 12.8. The van der Waals surface area contributed by atoms with E-state index in [0.717, 1.165) is 0 Å². The summed E-state index contributed by atoms with van der Waals surface area (Å²) in [5, 5.41) is 0. The van der Waals surface area contributed by atoms with E-state index in [1.165, 1.54) is 77.0 Å². The van der Waals surface area contributed by atoms with Gasteiger partial charge in [-0.15, -0.1) is 15.8 Å². The molecule has 0 aromatic carbocycles. The van der Waals surface area contributed by atoms with Crippen molar-refractivity contribution >= 4 is 15.8 Å². The fraction of sp³-hybridized carbons (Fsp3) is 1.00. The lowest BCUT2D eigenvalue weighted by molar-refractivity contribution is 0.657. The highest BCUT2D eigenvalue weighted by Crippen LogP contribution is 2.52. The number of hydrogen-bond donors (Lipinski definition) is 0. The standard InChI is InChI=1S/C21H46P2/c1-5-9-11-13-15-19-22(17-7-3)21-23(18-8-4)20-16-14-12-10-6-2/h5-21H2,1-4H3. The SMILES string of the molecule is CCCCCCCP(CCC)CP(CCC)CCCCCCC. The molecule has 0 saturated carbocycles. The van der Waals surface area contributed by atoms with Crippen LogP contribution in [0.5, 0.6) is 0 Å². The van der Waals surface area contributed by atoms with Crippen LogP contribution in [0.15, 0.2) is 0 Å². The summed E-state index contributed by atoms with van der Waals surface area (Å²) in [6, 6.07) is 0. The molecule has 0 aliphatic carbocycles. The van der Waals surface area contributed by atoms with Crippen molar-refractivity contribution in [2.45, 2.75) is 105 Å². The van der Waals surface area contributed by atoms with Crippen LogP contribution in [0.4, 0.5) is 0 Å². The smallest absolute Gasteiger partial charge is 0.0120 e. The molecule has 0 nitrogen and oxygen atoms in total. The van der Waals surface area contributed by atoms with Crippen LogP contribution in [-0.2, 0) is 0 Å². The Kier molecular flexibility index (Phi) is 19.9. The monoisotopic (exact) mass is 360 g/mol. The van der Waals surface area contributed by atoms with Crippen molar-refractivity contribution in [3.63, 3.8) is 0 Å².